The molecular weight excluding hydrogens is 728 g/mol. The summed E-state index contributed by atoms with van der Waals surface area (Å²) in [6, 6.07) is 9.73. The van der Waals surface area contributed by atoms with Gasteiger partial charge in [-0.2, -0.15) is 0 Å². The van der Waals surface area contributed by atoms with Crippen LogP contribution >= 0.6 is 47.8 Å². The molecule has 0 saturated carbocycles. The van der Waals surface area contributed by atoms with Crippen molar-refractivity contribution >= 4 is 72.3 Å². The summed E-state index contributed by atoms with van der Waals surface area (Å²) in [5, 5.41) is 9.03. The number of phenolic OH excluding ortho intramolecular Hbond substituents is 1. The van der Waals surface area contributed by atoms with E-state index in [4.69, 9.17) is 19.3 Å². The molecule has 2 aromatic rings. The van der Waals surface area contributed by atoms with Gasteiger partial charge in [0.05, 0.1) is 11.1 Å². The number of aldehydes is 2. The normalized spacial score (nSPS) is 11.5. The molecule has 2 aromatic carbocycles. The number of hydrogen-bond acceptors (Lipinski definition) is 8. The molecule has 0 radical (unpaired) electrons. The maximum absolute atomic E-state index is 12.1. The van der Waals surface area contributed by atoms with Gasteiger partial charge in [0.1, 0.15) is 27.0 Å². The maximum Gasteiger partial charge on any atom is 0.350 e. The molecule has 0 heterocycles. The second-order valence-corrected chi connectivity index (χ2v) is 15.5. The van der Waals surface area contributed by atoms with Crippen molar-refractivity contribution in [2.45, 2.75) is 90.4 Å². The Labute approximate surface area is 267 Å². The van der Waals surface area contributed by atoms with Gasteiger partial charge in [-0.1, -0.05) is 47.8 Å². The molecule has 0 fully saturated rings. The average Bonchev–Trinajstić information content (AvgIpc) is 2.77. The van der Waals surface area contributed by atoms with Crippen LogP contribution in [0.2, 0.25) is 0 Å². The molecule has 0 unspecified atom stereocenters. The SMILES string of the molecule is CC(C)(C)OC(=O)C(C)(C)Br.CC(C)(C)OC(=O)C(C)(C)Oc1cc(Br)ccc1C=O.O=Cc1ccc(Br)cc1O. The molecule has 11 heteroatoms. The van der Waals surface area contributed by atoms with E-state index in [9.17, 15) is 19.2 Å². The highest BCUT2D eigenvalue weighted by atomic mass is 79.9. The van der Waals surface area contributed by atoms with Gasteiger partial charge < -0.3 is 19.3 Å². The van der Waals surface area contributed by atoms with E-state index in [2.05, 4.69) is 47.8 Å². The number of alkyl halides is 1. The van der Waals surface area contributed by atoms with Crippen LogP contribution in [0.1, 0.15) is 90.0 Å². The zero-order chi connectivity index (χ0) is 32.4. The predicted molar refractivity (Wildman–Crippen MR) is 170 cm³/mol. The molecule has 228 valence electrons. The van der Waals surface area contributed by atoms with E-state index >= 15 is 0 Å². The van der Waals surface area contributed by atoms with Gasteiger partial charge in [0, 0.05) is 8.95 Å². The number of ether oxygens (including phenoxy) is 3. The zero-order valence-corrected chi connectivity index (χ0v) is 29.8. The van der Waals surface area contributed by atoms with Crippen LogP contribution in [0.25, 0.3) is 0 Å². The molecule has 0 saturated heterocycles. The molecule has 8 nitrogen and oxygen atoms in total. The van der Waals surface area contributed by atoms with E-state index in [1.54, 1.807) is 78.8 Å². The summed E-state index contributed by atoms with van der Waals surface area (Å²) >= 11 is 9.68. The summed E-state index contributed by atoms with van der Waals surface area (Å²) in [5.74, 6) is -0.374. The molecule has 0 aliphatic rings. The fourth-order valence-electron chi connectivity index (χ4n) is 2.43. The lowest BCUT2D eigenvalue weighted by atomic mass is 10.1. The molecule has 1 N–H and O–H groups in total. The number of halogens is 3. The smallest absolute Gasteiger partial charge is 0.350 e. The highest BCUT2D eigenvalue weighted by Gasteiger charge is 2.35. The molecule has 41 heavy (non-hydrogen) atoms. The van der Waals surface area contributed by atoms with Crippen molar-refractivity contribution in [1.82, 2.24) is 0 Å². The van der Waals surface area contributed by atoms with Gasteiger partial charge in [-0.25, -0.2) is 4.79 Å². The summed E-state index contributed by atoms with van der Waals surface area (Å²) in [6.45, 7) is 17.7. The van der Waals surface area contributed by atoms with E-state index in [1.165, 1.54) is 6.07 Å². The van der Waals surface area contributed by atoms with Crippen molar-refractivity contribution in [1.29, 1.82) is 0 Å². The number of aromatic hydroxyl groups is 1. The Kier molecular flexibility index (Phi) is 15.0. The predicted octanol–water partition coefficient (Wildman–Crippen LogP) is 8.23. The number of carbonyl (C=O) groups excluding carboxylic acids is 4. The van der Waals surface area contributed by atoms with Gasteiger partial charge in [0.2, 0.25) is 0 Å². The van der Waals surface area contributed by atoms with Crippen molar-refractivity contribution in [3.8, 4) is 11.5 Å². The number of hydrogen-bond donors (Lipinski definition) is 1. The Morgan fingerprint density at radius 3 is 1.49 bits per heavy atom. The molecule has 0 aromatic heterocycles. The van der Waals surface area contributed by atoms with Crippen LogP contribution in [0.4, 0.5) is 0 Å². The second-order valence-electron chi connectivity index (χ2n) is 11.7. The first-order valence-electron chi connectivity index (χ1n) is 12.4. The molecule has 2 rings (SSSR count). The Morgan fingerprint density at radius 2 is 1.12 bits per heavy atom. The Balaban J connectivity index is 0.000000643. The largest absolute Gasteiger partial charge is 0.507 e. The summed E-state index contributed by atoms with van der Waals surface area (Å²) in [4.78, 5) is 44.5. The van der Waals surface area contributed by atoms with Gasteiger partial charge in [-0.05, 0) is 106 Å². The Hall–Kier alpha value is -2.24. The van der Waals surface area contributed by atoms with Crippen LogP contribution in [-0.2, 0) is 19.1 Å². The first kappa shape index (κ1) is 38.8. The summed E-state index contributed by atoms with van der Waals surface area (Å²) in [7, 11) is 0. The number of esters is 2. The van der Waals surface area contributed by atoms with Crippen LogP contribution in [0.3, 0.4) is 0 Å². The van der Waals surface area contributed by atoms with Gasteiger partial charge in [0.15, 0.2) is 18.2 Å². The van der Waals surface area contributed by atoms with Gasteiger partial charge >= 0.3 is 11.9 Å². The molecular formula is C30H39Br3O8. The molecule has 0 bridgehead atoms. The lowest BCUT2D eigenvalue weighted by Gasteiger charge is -2.29. The quantitative estimate of drug-likeness (QED) is 0.178. The summed E-state index contributed by atoms with van der Waals surface area (Å²) in [5.41, 5.74) is -1.50. The van der Waals surface area contributed by atoms with Crippen LogP contribution in [0, 0.1) is 0 Å². The van der Waals surface area contributed by atoms with E-state index in [-0.39, 0.29) is 11.7 Å². The first-order chi connectivity index (χ1) is 18.4. The lowest BCUT2D eigenvalue weighted by Crippen LogP contribution is -2.43. The third kappa shape index (κ3) is 16.1. The van der Waals surface area contributed by atoms with Crippen LogP contribution in [0.15, 0.2) is 45.3 Å². The average molecular weight is 767 g/mol. The van der Waals surface area contributed by atoms with Gasteiger partial charge in [0.25, 0.3) is 0 Å². The molecule has 0 aliphatic heterocycles. The minimum Gasteiger partial charge on any atom is -0.507 e. The zero-order valence-electron chi connectivity index (χ0n) is 25.1. The minimum atomic E-state index is -1.19. The summed E-state index contributed by atoms with van der Waals surface area (Å²) < 4.78 is 17.0. The van der Waals surface area contributed by atoms with Crippen molar-refractivity contribution in [2.75, 3.05) is 0 Å². The Morgan fingerprint density at radius 1 is 0.707 bits per heavy atom. The highest BCUT2D eigenvalue weighted by molar-refractivity contribution is 9.11. The summed E-state index contributed by atoms with van der Waals surface area (Å²) in [6.07, 6.45) is 1.30. The van der Waals surface area contributed by atoms with Crippen LogP contribution in [-0.4, -0.2) is 50.7 Å². The Bertz CT molecular complexity index is 1200. The molecule has 0 atom stereocenters. The standard InChI is InChI=1S/C15H19BrO4.C8H15BrO2.C7H5BrO2/c1-14(2,3)20-13(18)15(4,5)19-12-8-11(16)7-6-10(12)9-17;1-7(2,3)11-6(10)8(4,5)9;8-6-2-1-5(4-9)7(10)3-6/h6-9H,1-5H3;1-5H3;1-4,10H. The molecule has 0 aliphatic carbocycles. The first-order valence-corrected chi connectivity index (χ1v) is 14.8. The fourth-order valence-corrected chi connectivity index (χ4v) is 3.20. The highest BCUT2D eigenvalue weighted by Crippen LogP contribution is 2.28. The number of rotatable bonds is 6. The van der Waals surface area contributed by atoms with Gasteiger partial charge in [-0.3, -0.25) is 14.4 Å². The third-order valence-corrected chi connectivity index (χ3v) is 5.67. The van der Waals surface area contributed by atoms with Crippen molar-refractivity contribution in [2.24, 2.45) is 0 Å². The van der Waals surface area contributed by atoms with Crippen molar-refractivity contribution in [3.05, 3.63) is 56.5 Å². The monoisotopic (exact) mass is 764 g/mol. The van der Waals surface area contributed by atoms with Crippen LogP contribution < -0.4 is 4.74 Å². The van der Waals surface area contributed by atoms with Crippen molar-refractivity contribution < 1.29 is 38.5 Å². The maximum atomic E-state index is 12.1. The van der Waals surface area contributed by atoms with Crippen molar-refractivity contribution in [3.63, 3.8) is 0 Å². The van der Waals surface area contributed by atoms with E-state index in [1.807, 2.05) is 20.8 Å². The van der Waals surface area contributed by atoms with E-state index in [0.29, 0.717) is 29.4 Å². The van der Waals surface area contributed by atoms with E-state index < -0.39 is 27.1 Å². The fraction of sp³-hybridized carbons (Fsp3) is 0.467. The number of phenols is 1. The van der Waals surface area contributed by atoms with Crippen LogP contribution in [0.5, 0.6) is 11.5 Å². The molecule has 0 amide bonds. The minimum absolute atomic E-state index is 0.00405. The lowest BCUT2D eigenvalue weighted by molar-refractivity contribution is -0.171. The molecule has 0 spiro atoms. The third-order valence-electron chi connectivity index (χ3n) is 4.36. The topological polar surface area (TPSA) is 116 Å². The number of carbonyl (C=O) groups is 4. The van der Waals surface area contributed by atoms with Gasteiger partial charge in [-0.15, -0.1) is 0 Å². The second kappa shape index (κ2) is 15.8. The number of benzene rings is 2. The van der Waals surface area contributed by atoms with E-state index in [0.717, 1.165) is 8.95 Å².